The van der Waals surface area contributed by atoms with Gasteiger partial charge >= 0.3 is 6.03 Å². The van der Waals surface area contributed by atoms with Crippen LogP contribution in [-0.4, -0.2) is 27.0 Å². The monoisotopic (exact) mass is 326 g/mol. The first kappa shape index (κ1) is 14.9. The molecule has 1 saturated heterocycles. The highest BCUT2D eigenvalue weighted by molar-refractivity contribution is 6.07. The summed E-state index contributed by atoms with van der Waals surface area (Å²) in [5.74, 6) is 1.04. The van der Waals surface area contributed by atoms with Gasteiger partial charge < -0.3 is 9.84 Å². The Morgan fingerprint density at radius 2 is 2.04 bits per heavy atom. The van der Waals surface area contributed by atoms with Crippen LogP contribution in [0.2, 0.25) is 0 Å². The minimum absolute atomic E-state index is 0.00102. The van der Waals surface area contributed by atoms with Gasteiger partial charge in [-0.15, -0.1) is 0 Å². The first-order valence-electron chi connectivity index (χ1n) is 8.16. The first-order chi connectivity index (χ1) is 11.6. The molecule has 0 radical (unpaired) electrons. The van der Waals surface area contributed by atoms with E-state index in [1.165, 1.54) is 0 Å². The minimum atomic E-state index is -1.03. The zero-order valence-electron chi connectivity index (χ0n) is 13.4. The van der Waals surface area contributed by atoms with E-state index < -0.39 is 11.6 Å². The third-order valence-corrected chi connectivity index (χ3v) is 4.69. The Kier molecular flexibility index (Phi) is 3.37. The van der Waals surface area contributed by atoms with Crippen LogP contribution in [0.4, 0.5) is 4.79 Å². The fraction of sp³-hybridized carbons (Fsp3) is 0.412. The average molecular weight is 326 g/mol. The number of nitrogens with zero attached hydrogens (tertiary/aromatic N) is 3. The molecule has 2 heterocycles. The zero-order valence-corrected chi connectivity index (χ0v) is 13.4. The predicted octanol–water partition coefficient (Wildman–Crippen LogP) is 2.30. The highest BCUT2D eigenvalue weighted by Crippen LogP contribution is 2.38. The lowest BCUT2D eigenvalue weighted by atomic mass is 9.87. The van der Waals surface area contributed by atoms with Crippen LogP contribution in [0.25, 0.3) is 0 Å². The fourth-order valence-electron chi connectivity index (χ4n) is 3.11. The predicted molar refractivity (Wildman–Crippen MR) is 83.8 cm³/mol. The summed E-state index contributed by atoms with van der Waals surface area (Å²) in [6.45, 7) is 1.88. The van der Waals surface area contributed by atoms with Crippen molar-refractivity contribution in [3.63, 3.8) is 0 Å². The summed E-state index contributed by atoms with van der Waals surface area (Å²) in [5.41, 5.74) is -0.255. The standard InChI is InChI=1S/C17H18N4O3/c1-2-17(12-6-4-3-5-7-12)15(22)21(16(23)19-17)10-13-18-14(20-24-13)11-8-9-11/h3-7,11H,2,8-10H2,1H3,(H,19,23). The number of aromatic nitrogens is 2. The van der Waals surface area contributed by atoms with Gasteiger partial charge in [-0.2, -0.15) is 4.98 Å². The van der Waals surface area contributed by atoms with Crippen molar-refractivity contribution < 1.29 is 14.1 Å². The number of nitrogens with one attached hydrogen (secondary N) is 1. The van der Waals surface area contributed by atoms with E-state index in [1.54, 1.807) is 0 Å². The van der Waals surface area contributed by atoms with Gasteiger partial charge in [0.25, 0.3) is 5.91 Å². The van der Waals surface area contributed by atoms with Crippen LogP contribution in [0, 0.1) is 0 Å². The molecular formula is C17H18N4O3. The van der Waals surface area contributed by atoms with Gasteiger partial charge in [-0.25, -0.2) is 4.79 Å². The molecule has 2 aliphatic rings. The minimum Gasteiger partial charge on any atom is -0.337 e. The number of benzene rings is 1. The Morgan fingerprint density at radius 3 is 2.71 bits per heavy atom. The summed E-state index contributed by atoms with van der Waals surface area (Å²) in [6.07, 6.45) is 2.60. The van der Waals surface area contributed by atoms with Crippen molar-refractivity contribution in [2.45, 2.75) is 44.2 Å². The smallest absolute Gasteiger partial charge is 0.325 e. The van der Waals surface area contributed by atoms with E-state index in [1.807, 2.05) is 37.3 Å². The Balaban J connectivity index is 1.60. The highest BCUT2D eigenvalue weighted by Gasteiger charge is 2.51. The molecule has 24 heavy (non-hydrogen) atoms. The zero-order chi connectivity index (χ0) is 16.7. The molecule has 1 atom stereocenters. The van der Waals surface area contributed by atoms with Gasteiger partial charge in [-0.1, -0.05) is 42.4 Å². The number of imide groups is 1. The molecule has 1 aliphatic carbocycles. The normalized spacial score (nSPS) is 23.6. The lowest BCUT2D eigenvalue weighted by molar-refractivity contribution is -0.132. The second-order valence-corrected chi connectivity index (χ2v) is 6.27. The van der Waals surface area contributed by atoms with E-state index >= 15 is 0 Å². The maximum atomic E-state index is 13.0. The molecule has 2 fully saturated rings. The summed E-state index contributed by atoms with van der Waals surface area (Å²) in [4.78, 5) is 30.8. The van der Waals surface area contributed by atoms with Crippen molar-refractivity contribution in [1.29, 1.82) is 0 Å². The molecule has 4 rings (SSSR count). The number of hydrogen-bond acceptors (Lipinski definition) is 5. The van der Waals surface area contributed by atoms with Crippen molar-refractivity contribution in [2.75, 3.05) is 0 Å². The largest absolute Gasteiger partial charge is 0.337 e. The third kappa shape index (κ3) is 2.28. The number of rotatable bonds is 5. The highest BCUT2D eigenvalue weighted by atomic mass is 16.5. The van der Waals surface area contributed by atoms with E-state index in [9.17, 15) is 9.59 Å². The van der Waals surface area contributed by atoms with Crippen molar-refractivity contribution in [3.8, 4) is 0 Å². The van der Waals surface area contributed by atoms with Crippen molar-refractivity contribution in [2.24, 2.45) is 0 Å². The van der Waals surface area contributed by atoms with Crippen molar-refractivity contribution >= 4 is 11.9 Å². The van der Waals surface area contributed by atoms with Gasteiger partial charge in [0.15, 0.2) is 5.82 Å². The number of urea groups is 1. The van der Waals surface area contributed by atoms with Crippen molar-refractivity contribution in [3.05, 3.63) is 47.6 Å². The number of carbonyl (C=O) groups excluding carboxylic acids is 2. The molecule has 7 heteroatoms. The maximum Gasteiger partial charge on any atom is 0.325 e. The molecular weight excluding hydrogens is 308 g/mol. The van der Waals surface area contributed by atoms with E-state index in [0.29, 0.717) is 24.1 Å². The van der Waals surface area contributed by atoms with Gasteiger partial charge in [-0.3, -0.25) is 9.69 Å². The third-order valence-electron chi connectivity index (χ3n) is 4.69. The molecule has 1 aromatic heterocycles. The van der Waals surface area contributed by atoms with Gasteiger partial charge in [0.05, 0.1) is 0 Å². The van der Waals surface area contributed by atoms with Crippen LogP contribution in [0.5, 0.6) is 0 Å². The first-order valence-corrected chi connectivity index (χ1v) is 8.16. The van der Waals surface area contributed by atoms with Gasteiger partial charge in [-0.05, 0) is 24.8 Å². The van der Waals surface area contributed by atoms with Crippen LogP contribution in [0.3, 0.4) is 0 Å². The van der Waals surface area contributed by atoms with Crippen LogP contribution in [-0.2, 0) is 16.9 Å². The average Bonchev–Trinajstić information content (AvgIpc) is 3.31. The molecule has 1 unspecified atom stereocenters. The van der Waals surface area contributed by atoms with Gasteiger partial charge in [0.2, 0.25) is 5.89 Å². The molecule has 0 bridgehead atoms. The molecule has 7 nitrogen and oxygen atoms in total. The lowest BCUT2D eigenvalue weighted by Gasteiger charge is -2.25. The molecule has 124 valence electrons. The SMILES string of the molecule is CCC1(c2ccccc2)NC(=O)N(Cc2nc(C3CC3)no2)C1=O. The van der Waals surface area contributed by atoms with Crippen molar-refractivity contribution in [1.82, 2.24) is 20.4 Å². The quantitative estimate of drug-likeness (QED) is 0.852. The second kappa shape index (κ2) is 5.43. The number of hydrogen-bond donors (Lipinski definition) is 1. The molecule has 1 aliphatic heterocycles. The molecule has 1 aromatic carbocycles. The fourth-order valence-corrected chi connectivity index (χ4v) is 3.11. The maximum absolute atomic E-state index is 13.0. The Hall–Kier alpha value is -2.70. The van der Waals surface area contributed by atoms with Gasteiger partial charge in [0.1, 0.15) is 12.1 Å². The molecule has 1 saturated carbocycles. The van der Waals surface area contributed by atoms with E-state index in [2.05, 4.69) is 15.5 Å². The van der Waals surface area contributed by atoms with Crippen LogP contribution in [0.15, 0.2) is 34.9 Å². The van der Waals surface area contributed by atoms with E-state index in [4.69, 9.17) is 4.52 Å². The van der Waals surface area contributed by atoms with Crippen LogP contribution >= 0.6 is 0 Å². The second-order valence-electron chi connectivity index (χ2n) is 6.27. The number of amides is 3. The Bertz CT molecular complexity index is 784. The summed E-state index contributed by atoms with van der Waals surface area (Å²) in [7, 11) is 0. The summed E-state index contributed by atoms with van der Waals surface area (Å²) >= 11 is 0. The molecule has 1 N–H and O–H groups in total. The topological polar surface area (TPSA) is 88.3 Å². The summed E-state index contributed by atoms with van der Waals surface area (Å²) in [6, 6.07) is 8.86. The Labute approximate surface area is 139 Å². The lowest BCUT2D eigenvalue weighted by Crippen LogP contribution is -2.43. The van der Waals surface area contributed by atoms with Gasteiger partial charge in [0, 0.05) is 5.92 Å². The molecule has 3 amide bonds. The summed E-state index contributed by atoms with van der Waals surface area (Å²) < 4.78 is 5.20. The van der Waals surface area contributed by atoms with Crippen LogP contribution in [0.1, 0.15) is 49.4 Å². The van der Waals surface area contributed by atoms with Crippen LogP contribution < -0.4 is 5.32 Å². The Morgan fingerprint density at radius 1 is 1.29 bits per heavy atom. The van der Waals surface area contributed by atoms with E-state index in [0.717, 1.165) is 23.3 Å². The van der Waals surface area contributed by atoms with E-state index in [-0.39, 0.29) is 12.5 Å². The molecule has 0 spiro atoms. The molecule has 2 aromatic rings. The summed E-state index contributed by atoms with van der Waals surface area (Å²) in [5, 5.41) is 6.77. The number of carbonyl (C=O) groups is 2.